The van der Waals surface area contributed by atoms with Crippen LogP contribution in [0.5, 0.6) is 17.2 Å². The second kappa shape index (κ2) is 9.42. The van der Waals surface area contributed by atoms with Crippen molar-refractivity contribution >= 4 is 10.1 Å². The molecule has 0 heterocycles. The molecule has 31 heavy (non-hydrogen) atoms. The molecule has 2 unspecified atom stereocenters. The van der Waals surface area contributed by atoms with Crippen molar-refractivity contribution in [2.45, 2.75) is 44.8 Å². The highest BCUT2D eigenvalue weighted by Gasteiger charge is 2.38. The van der Waals surface area contributed by atoms with Gasteiger partial charge in [0.1, 0.15) is 11.9 Å². The molecule has 2 aromatic rings. The maximum atomic E-state index is 14.6. The Balaban J connectivity index is 1.94. The van der Waals surface area contributed by atoms with E-state index in [0.717, 1.165) is 18.2 Å². The van der Waals surface area contributed by atoms with Crippen LogP contribution in [0.2, 0.25) is 0 Å². The molecular weight excluding hydrogens is 425 g/mol. The van der Waals surface area contributed by atoms with Gasteiger partial charge < -0.3 is 15.3 Å². The van der Waals surface area contributed by atoms with Gasteiger partial charge in [0.15, 0.2) is 17.3 Å². The predicted octanol–water partition coefficient (Wildman–Crippen LogP) is 3.23. The molecule has 7 nitrogen and oxygen atoms in total. The van der Waals surface area contributed by atoms with Crippen molar-refractivity contribution in [3.8, 4) is 17.2 Å². The number of hydrogen-bond donors (Lipinski definition) is 3. The fourth-order valence-corrected chi connectivity index (χ4v) is 4.80. The molecule has 0 aromatic heterocycles. The van der Waals surface area contributed by atoms with Crippen molar-refractivity contribution in [1.82, 2.24) is 4.90 Å². The maximum Gasteiger partial charge on any atom is 0.265 e. The van der Waals surface area contributed by atoms with Crippen LogP contribution in [-0.2, 0) is 27.1 Å². The molecular formula is C22H28FNO6S. The highest BCUT2D eigenvalue weighted by molar-refractivity contribution is 7.86. The van der Waals surface area contributed by atoms with Crippen LogP contribution < -0.4 is 0 Å². The van der Waals surface area contributed by atoms with Gasteiger partial charge in [0, 0.05) is 12.6 Å². The number of hydrogen-bond acceptors (Lipinski definition) is 7. The summed E-state index contributed by atoms with van der Waals surface area (Å²) >= 11 is 0. The molecule has 1 aliphatic rings. The molecule has 3 rings (SSSR count). The van der Waals surface area contributed by atoms with E-state index in [-0.39, 0.29) is 29.3 Å². The van der Waals surface area contributed by atoms with E-state index in [1.165, 1.54) is 6.07 Å². The van der Waals surface area contributed by atoms with Crippen LogP contribution in [0.4, 0.5) is 4.39 Å². The Labute approximate surface area is 181 Å². The Hall–Kier alpha value is -2.36. The molecule has 0 bridgehead atoms. The quantitative estimate of drug-likeness (QED) is 0.416. The minimum Gasteiger partial charge on any atom is -0.508 e. The summed E-state index contributed by atoms with van der Waals surface area (Å²) in [5.74, 6) is -2.25. The molecule has 0 amide bonds. The Bertz CT molecular complexity index is 1030. The van der Waals surface area contributed by atoms with Crippen molar-refractivity contribution < 1.29 is 32.3 Å². The molecule has 0 fully saturated rings. The number of rotatable bonds is 8. The summed E-state index contributed by atoms with van der Waals surface area (Å²) in [5, 5.41) is 29.2. The van der Waals surface area contributed by atoms with E-state index in [4.69, 9.17) is 4.18 Å². The summed E-state index contributed by atoms with van der Waals surface area (Å²) in [7, 11) is -3.88. The van der Waals surface area contributed by atoms with Crippen LogP contribution in [0.3, 0.4) is 0 Å². The van der Waals surface area contributed by atoms with Gasteiger partial charge in [0.25, 0.3) is 10.1 Å². The highest BCUT2D eigenvalue weighted by Crippen LogP contribution is 2.43. The average Bonchev–Trinajstić information content (AvgIpc) is 2.70. The van der Waals surface area contributed by atoms with Crippen molar-refractivity contribution in [3.63, 3.8) is 0 Å². The first-order valence-corrected chi connectivity index (χ1v) is 12.1. The lowest BCUT2D eigenvalue weighted by molar-refractivity contribution is 0.0569. The average molecular weight is 454 g/mol. The van der Waals surface area contributed by atoms with E-state index in [0.29, 0.717) is 25.9 Å². The number of fused-ring (bicyclic) bond motifs is 1. The maximum absolute atomic E-state index is 14.6. The number of aromatic hydroxyl groups is 3. The fraction of sp³-hybridized carbons (Fsp3) is 0.455. The molecule has 3 N–H and O–H groups in total. The van der Waals surface area contributed by atoms with Crippen molar-refractivity contribution in [3.05, 3.63) is 52.8 Å². The lowest BCUT2D eigenvalue weighted by Gasteiger charge is -2.40. The minimum absolute atomic E-state index is 0.162. The van der Waals surface area contributed by atoms with Crippen LogP contribution in [0.25, 0.3) is 0 Å². The number of phenolic OH excluding ortho intramolecular Hbond substituents is 3. The molecule has 170 valence electrons. The Kier molecular flexibility index (Phi) is 7.08. The molecule has 2 aromatic carbocycles. The first kappa shape index (κ1) is 23.3. The Morgan fingerprint density at radius 2 is 1.84 bits per heavy atom. The third-order valence-corrected chi connectivity index (χ3v) is 6.14. The second-order valence-electron chi connectivity index (χ2n) is 7.91. The van der Waals surface area contributed by atoms with Crippen molar-refractivity contribution in [2.75, 3.05) is 19.3 Å². The number of benzene rings is 2. The molecule has 0 aliphatic heterocycles. The second-order valence-corrected chi connectivity index (χ2v) is 9.51. The lowest BCUT2D eigenvalue weighted by atomic mass is 9.84. The summed E-state index contributed by atoms with van der Waals surface area (Å²) in [6, 6.07) is 7.73. The minimum atomic E-state index is -3.88. The fourth-order valence-electron chi connectivity index (χ4n) is 4.19. The van der Waals surface area contributed by atoms with E-state index in [9.17, 15) is 28.1 Å². The first-order valence-electron chi connectivity index (χ1n) is 10.2. The third-order valence-electron chi connectivity index (χ3n) is 5.58. The highest BCUT2D eigenvalue weighted by atomic mass is 32.2. The Morgan fingerprint density at radius 1 is 1.16 bits per heavy atom. The van der Waals surface area contributed by atoms with E-state index in [1.807, 2.05) is 19.1 Å². The topological polar surface area (TPSA) is 107 Å². The van der Waals surface area contributed by atoms with Crippen molar-refractivity contribution in [2.24, 2.45) is 0 Å². The van der Waals surface area contributed by atoms with Crippen LogP contribution in [-0.4, -0.2) is 54.0 Å². The van der Waals surface area contributed by atoms with Gasteiger partial charge in [-0.05, 0) is 67.1 Å². The molecule has 0 radical (unpaired) electrons. The monoisotopic (exact) mass is 453 g/mol. The first-order chi connectivity index (χ1) is 14.6. The lowest BCUT2D eigenvalue weighted by Crippen LogP contribution is -2.45. The molecule has 2 atom stereocenters. The zero-order valence-corrected chi connectivity index (χ0v) is 18.4. The van der Waals surface area contributed by atoms with Gasteiger partial charge in [-0.15, -0.1) is 0 Å². The van der Waals surface area contributed by atoms with Gasteiger partial charge in [-0.25, -0.2) is 4.39 Å². The number of halogens is 1. The number of phenols is 3. The van der Waals surface area contributed by atoms with Crippen LogP contribution in [0.15, 0.2) is 30.3 Å². The van der Waals surface area contributed by atoms with Gasteiger partial charge in [0.05, 0.1) is 6.26 Å². The largest absolute Gasteiger partial charge is 0.508 e. The van der Waals surface area contributed by atoms with Gasteiger partial charge in [-0.1, -0.05) is 19.1 Å². The third kappa shape index (κ3) is 5.47. The molecule has 0 saturated carbocycles. The summed E-state index contributed by atoms with van der Waals surface area (Å²) in [6.07, 6.45) is 2.14. The SMILES string of the molecule is CCCN(CCc1ccc(O)cc1)C1CCc2c(cc(O)c(O)c2F)C1OS(C)(=O)=O. The molecule has 0 spiro atoms. The number of nitrogens with zero attached hydrogens (tertiary/aromatic N) is 1. The smallest absolute Gasteiger partial charge is 0.265 e. The summed E-state index contributed by atoms with van der Waals surface area (Å²) in [4.78, 5) is 2.12. The van der Waals surface area contributed by atoms with E-state index < -0.39 is 33.5 Å². The van der Waals surface area contributed by atoms with Gasteiger partial charge in [-0.3, -0.25) is 9.08 Å². The molecule has 1 aliphatic carbocycles. The van der Waals surface area contributed by atoms with Crippen LogP contribution >= 0.6 is 0 Å². The van der Waals surface area contributed by atoms with Gasteiger partial charge in [0.2, 0.25) is 0 Å². The Morgan fingerprint density at radius 3 is 2.45 bits per heavy atom. The normalized spacial score (nSPS) is 18.8. The van der Waals surface area contributed by atoms with Gasteiger partial charge in [-0.2, -0.15) is 8.42 Å². The van der Waals surface area contributed by atoms with E-state index >= 15 is 0 Å². The molecule has 9 heteroatoms. The zero-order chi connectivity index (χ0) is 22.8. The summed E-state index contributed by atoms with van der Waals surface area (Å²) in [5.41, 5.74) is 1.42. The van der Waals surface area contributed by atoms with Crippen LogP contribution in [0.1, 0.15) is 42.6 Å². The van der Waals surface area contributed by atoms with Crippen LogP contribution in [0, 0.1) is 5.82 Å². The summed E-state index contributed by atoms with van der Waals surface area (Å²) < 4.78 is 44.0. The van der Waals surface area contributed by atoms with Gasteiger partial charge >= 0.3 is 0 Å². The van der Waals surface area contributed by atoms with E-state index in [1.54, 1.807) is 12.1 Å². The summed E-state index contributed by atoms with van der Waals surface area (Å²) in [6.45, 7) is 3.29. The van der Waals surface area contributed by atoms with E-state index in [2.05, 4.69) is 4.90 Å². The molecule has 0 saturated heterocycles. The predicted molar refractivity (Wildman–Crippen MR) is 114 cm³/mol. The van der Waals surface area contributed by atoms with Crippen molar-refractivity contribution in [1.29, 1.82) is 0 Å². The zero-order valence-electron chi connectivity index (χ0n) is 17.6. The standard InChI is InChI=1S/C22H28FNO6S/c1-3-11-24(12-10-14-4-6-15(25)7-5-14)18-9-8-16-17(22(18)30-31(2,28)29)13-19(26)21(27)20(16)23/h4-7,13,18,22,25-27H,3,8-12H2,1-2H3.